The van der Waals surface area contributed by atoms with Gasteiger partial charge >= 0.3 is 0 Å². The molecule has 0 saturated carbocycles. The van der Waals surface area contributed by atoms with E-state index in [4.69, 9.17) is 10.5 Å². The fourth-order valence-corrected chi connectivity index (χ4v) is 1.29. The van der Waals surface area contributed by atoms with Crippen LogP contribution >= 0.6 is 0 Å². The van der Waals surface area contributed by atoms with E-state index in [2.05, 4.69) is 0 Å². The molecule has 0 aliphatic rings. The Kier molecular flexibility index (Phi) is 3.86. The van der Waals surface area contributed by atoms with Crippen molar-refractivity contribution in [3.8, 4) is 5.75 Å². The normalized spacial score (nSPS) is 13.6. The predicted octanol–water partition coefficient (Wildman–Crippen LogP) is 2.72. The minimum atomic E-state index is -0.915. The third-order valence-electron chi connectivity index (χ3n) is 2.35. The van der Waals surface area contributed by atoms with Gasteiger partial charge in [-0.15, -0.1) is 0 Å². The van der Waals surface area contributed by atoms with Crippen LogP contribution in [0.5, 0.6) is 5.75 Å². The van der Waals surface area contributed by atoms with Gasteiger partial charge in [-0.2, -0.15) is 0 Å². The zero-order chi connectivity index (χ0) is 12.3. The lowest BCUT2D eigenvalue weighted by Gasteiger charge is -2.30. The van der Waals surface area contributed by atoms with Gasteiger partial charge in [0, 0.05) is 18.0 Å². The molecule has 0 bridgehead atoms. The summed E-state index contributed by atoms with van der Waals surface area (Å²) in [7, 11) is 0. The molecule has 1 aromatic carbocycles. The van der Waals surface area contributed by atoms with Gasteiger partial charge in [-0.1, -0.05) is 20.8 Å². The van der Waals surface area contributed by atoms with Crippen molar-refractivity contribution < 1.29 is 13.5 Å². The number of nitrogens with two attached hydrogens (primary N) is 1. The van der Waals surface area contributed by atoms with Crippen LogP contribution in [-0.2, 0) is 0 Å². The summed E-state index contributed by atoms with van der Waals surface area (Å²) in [4.78, 5) is 0. The molecular weight excluding hydrogens is 212 g/mol. The monoisotopic (exact) mass is 229 g/mol. The summed E-state index contributed by atoms with van der Waals surface area (Å²) < 4.78 is 31.2. The molecule has 0 aromatic heterocycles. The number of ether oxygens (including phenoxy) is 1. The van der Waals surface area contributed by atoms with Crippen molar-refractivity contribution in [2.45, 2.75) is 26.9 Å². The van der Waals surface area contributed by atoms with Gasteiger partial charge in [0.25, 0.3) is 0 Å². The van der Waals surface area contributed by atoms with E-state index in [-0.39, 0.29) is 11.5 Å². The van der Waals surface area contributed by atoms with Crippen molar-refractivity contribution in [2.24, 2.45) is 11.1 Å². The van der Waals surface area contributed by atoms with E-state index >= 15 is 0 Å². The molecule has 0 fully saturated rings. The second kappa shape index (κ2) is 4.78. The highest BCUT2D eigenvalue weighted by molar-refractivity contribution is 5.24. The van der Waals surface area contributed by atoms with Gasteiger partial charge in [0.15, 0.2) is 11.6 Å². The fraction of sp³-hybridized carbons (Fsp3) is 0.500. The summed E-state index contributed by atoms with van der Waals surface area (Å²) in [5.74, 6) is -1.50. The molecule has 0 amide bonds. The second-order valence-corrected chi connectivity index (χ2v) is 4.78. The standard InChI is InChI=1S/C12H17F2NO/c1-12(2,3)11(7-15)16-8-4-5-9(13)10(14)6-8/h4-6,11H,7,15H2,1-3H3. The molecule has 90 valence electrons. The Balaban J connectivity index is 2.83. The lowest BCUT2D eigenvalue weighted by Crippen LogP contribution is -2.38. The number of hydrogen-bond acceptors (Lipinski definition) is 2. The molecule has 0 saturated heterocycles. The third-order valence-corrected chi connectivity index (χ3v) is 2.35. The summed E-state index contributed by atoms with van der Waals surface area (Å²) in [5.41, 5.74) is 5.43. The average Bonchev–Trinajstić information content (AvgIpc) is 2.18. The molecule has 1 atom stereocenters. The number of hydrogen-bond donors (Lipinski definition) is 1. The molecule has 16 heavy (non-hydrogen) atoms. The van der Waals surface area contributed by atoms with Gasteiger partial charge < -0.3 is 10.5 Å². The fourth-order valence-electron chi connectivity index (χ4n) is 1.29. The minimum absolute atomic E-state index is 0.153. The zero-order valence-electron chi connectivity index (χ0n) is 9.76. The molecule has 0 spiro atoms. The number of rotatable bonds is 3. The van der Waals surface area contributed by atoms with Crippen molar-refractivity contribution >= 4 is 0 Å². The molecule has 1 rings (SSSR count). The first-order valence-electron chi connectivity index (χ1n) is 5.16. The van der Waals surface area contributed by atoms with E-state index in [0.717, 1.165) is 12.1 Å². The van der Waals surface area contributed by atoms with Crippen molar-refractivity contribution in [1.29, 1.82) is 0 Å². The quantitative estimate of drug-likeness (QED) is 0.864. The predicted molar refractivity (Wildman–Crippen MR) is 59.3 cm³/mol. The third kappa shape index (κ3) is 3.17. The summed E-state index contributed by atoms with van der Waals surface area (Å²) in [6.45, 7) is 6.25. The summed E-state index contributed by atoms with van der Waals surface area (Å²) in [6, 6.07) is 3.47. The Morgan fingerprint density at radius 2 is 1.88 bits per heavy atom. The maximum atomic E-state index is 12.9. The van der Waals surface area contributed by atoms with E-state index in [0.29, 0.717) is 12.3 Å². The van der Waals surface area contributed by atoms with Crippen LogP contribution in [0.25, 0.3) is 0 Å². The van der Waals surface area contributed by atoms with E-state index in [1.165, 1.54) is 6.07 Å². The molecule has 0 aliphatic carbocycles. The van der Waals surface area contributed by atoms with E-state index in [1.54, 1.807) is 0 Å². The minimum Gasteiger partial charge on any atom is -0.488 e. The second-order valence-electron chi connectivity index (χ2n) is 4.78. The van der Waals surface area contributed by atoms with Crippen molar-refractivity contribution in [3.63, 3.8) is 0 Å². The van der Waals surface area contributed by atoms with Gasteiger partial charge in [-0.05, 0) is 12.1 Å². The van der Waals surface area contributed by atoms with Crippen LogP contribution < -0.4 is 10.5 Å². The molecule has 0 radical (unpaired) electrons. The molecule has 4 heteroatoms. The van der Waals surface area contributed by atoms with Crippen LogP contribution in [0, 0.1) is 17.0 Å². The summed E-state index contributed by atoms with van der Waals surface area (Å²) in [5, 5.41) is 0. The summed E-state index contributed by atoms with van der Waals surface area (Å²) in [6.07, 6.45) is -0.239. The van der Waals surface area contributed by atoms with Crippen LogP contribution in [0.4, 0.5) is 8.78 Å². The molecule has 2 nitrogen and oxygen atoms in total. The molecule has 1 aromatic rings. The van der Waals surface area contributed by atoms with Crippen LogP contribution in [0.3, 0.4) is 0 Å². The van der Waals surface area contributed by atoms with Crippen LogP contribution in [0.1, 0.15) is 20.8 Å². The maximum Gasteiger partial charge on any atom is 0.162 e. The molecule has 0 aliphatic heterocycles. The van der Waals surface area contributed by atoms with Crippen molar-refractivity contribution in [2.75, 3.05) is 6.54 Å². The van der Waals surface area contributed by atoms with Gasteiger partial charge in [-0.3, -0.25) is 0 Å². The molecule has 1 unspecified atom stereocenters. The van der Waals surface area contributed by atoms with Crippen molar-refractivity contribution in [1.82, 2.24) is 0 Å². The van der Waals surface area contributed by atoms with Gasteiger partial charge in [0.2, 0.25) is 0 Å². The molecule has 0 heterocycles. The van der Waals surface area contributed by atoms with E-state index in [1.807, 2.05) is 20.8 Å². The van der Waals surface area contributed by atoms with Crippen LogP contribution in [-0.4, -0.2) is 12.6 Å². The first-order chi connectivity index (χ1) is 7.34. The Labute approximate surface area is 94.4 Å². The SMILES string of the molecule is CC(C)(C)C(CN)Oc1ccc(F)c(F)c1. The van der Waals surface area contributed by atoms with E-state index < -0.39 is 11.6 Å². The van der Waals surface area contributed by atoms with Gasteiger partial charge in [-0.25, -0.2) is 8.78 Å². The Morgan fingerprint density at radius 3 is 2.31 bits per heavy atom. The lowest BCUT2D eigenvalue weighted by molar-refractivity contribution is 0.0937. The Bertz CT molecular complexity index is 361. The van der Waals surface area contributed by atoms with Gasteiger partial charge in [0.05, 0.1) is 0 Å². The average molecular weight is 229 g/mol. The summed E-state index contributed by atoms with van der Waals surface area (Å²) >= 11 is 0. The highest BCUT2D eigenvalue weighted by atomic mass is 19.2. The zero-order valence-corrected chi connectivity index (χ0v) is 9.76. The first kappa shape index (κ1) is 12.9. The van der Waals surface area contributed by atoms with Crippen LogP contribution in [0.15, 0.2) is 18.2 Å². The Morgan fingerprint density at radius 1 is 1.25 bits per heavy atom. The van der Waals surface area contributed by atoms with E-state index in [9.17, 15) is 8.78 Å². The molecular formula is C12H17F2NO. The number of benzene rings is 1. The topological polar surface area (TPSA) is 35.2 Å². The highest BCUT2D eigenvalue weighted by Gasteiger charge is 2.25. The Hall–Kier alpha value is -1.16. The van der Waals surface area contributed by atoms with Crippen molar-refractivity contribution in [3.05, 3.63) is 29.8 Å². The van der Waals surface area contributed by atoms with Gasteiger partial charge in [0.1, 0.15) is 11.9 Å². The molecule has 2 N–H and O–H groups in total. The number of halogens is 2. The largest absolute Gasteiger partial charge is 0.488 e. The van der Waals surface area contributed by atoms with Crippen LogP contribution in [0.2, 0.25) is 0 Å². The highest BCUT2D eigenvalue weighted by Crippen LogP contribution is 2.25. The maximum absolute atomic E-state index is 12.9. The smallest absolute Gasteiger partial charge is 0.162 e. The first-order valence-corrected chi connectivity index (χ1v) is 5.16. The lowest BCUT2D eigenvalue weighted by atomic mass is 9.89.